The number of pyridine rings is 1. The van der Waals surface area contributed by atoms with Crippen LogP contribution < -0.4 is 0 Å². The molecule has 2 aromatic rings. The summed E-state index contributed by atoms with van der Waals surface area (Å²) in [5.74, 6) is 1.10. The fraction of sp³-hybridized carbons (Fsp3) is 0.357. The van der Waals surface area contributed by atoms with Crippen LogP contribution in [0.3, 0.4) is 0 Å². The van der Waals surface area contributed by atoms with E-state index >= 15 is 0 Å². The largest absolute Gasteiger partial charge is 0.388 e. The summed E-state index contributed by atoms with van der Waals surface area (Å²) in [5.41, 5.74) is 0.997. The molecule has 1 heterocycles. The van der Waals surface area contributed by atoms with Crippen LogP contribution in [0.1, 0.15) is 24.5 Å². The van der Waals surface area contributed by atoms with Crippen molar-refractivity contribution in [1.29, 1.82) is 0 Å². The smallest absolute Gasteiger partial charge is 0.0796 e. The monoisotopic (exact) mass is 247 g/mol. The lowest BCUT2D eigenvalue weighted by molar-refractivity contribution is 0.168. The molecular formula is C14H17NOS. The number of rotatable bonds is 5. The number of nitrogens with zero attached hydrogens (tertiary/aromatic N) is 1. The lowest BCUT2D eigenvalue weighted by atomic mass is 9.99. The van der Waals surface area contributed by atoms with Gasteiger partial charge in [-0.3, -0.25) is 4.98 Å². The van der Waals surface area contributed by atoms with Gasteiger partial charge in [0.2, 0.25) is 0 Å². The summed E-state index contributed by atoms with van der Waals surface area (Å²) >= 11 is 1.82. The molecule has 2 rings (SSSR count). The fourth-order valence-corrected chi connectivity index (χ4v) is 2.46. The lowest BCUT2D eigenvalue weighted by Crippen LogP contribution is -1.99. The fourth-order valence-electron chi connectivity index (χ4n) is 2.00. The van der Waals surface area contributed by atoms with E-state index in [-0.39, 0.29) is 6.10 Å². The minimum Gasteiger partial charge on any atom is -0.388 e. The van der Waals surface area contributed by atoms with Crippen LogP contribution in [0.4, 0.5) is 0 Å². The van der Waals surface area contributed by atoms with Crippen molar-refractivity contribution in [3.63, 3.8) is 0 Å². The van der Waals surface area contributed by atoms with Crippen molar-refractivity contribution in [2.24, 2.45) is 0 Å². The standard InChI is InChI=1S/C14H17NOS/c1-17-9-3-6-14(16)12-5-2-4-11-7-8-15-10-13(11)12/h2,4-5,7-8,10,14,16H,3,6,9H2,1H3. The summed E-state index contributed by atoms with van der Waals surface area (Å²) in [5, 5.41) is 12.4. The minimum absolute atomic E-state index is 0.380. The molecule has 0 spiro atoms. The second-order valence-corrected chi connectivity index (χ2v) is 5.08. The number of aliphatic hydroxyl groups is 1. The predicted molar refractivity (Wildman–Crippen MR) is 74.3 cm³/mol. The van der Waals surface area contributed by atoms with Gasteiger partial charge in [-0.2, -0.15) is 11.8 Å². The average Bonchev–Trinajstić information content (AvgIpc) is 2.38. The van der Waals surface area contributed by atoms with Gasteiger partial charge in [0.05, 0.1) is 6.10 Å². The van der Waals surface area contributed by atoms with Gasteiger partial charge < -0.3 is 5.11 Å². The van der Waals surface area contributed by atoms with E-state index < -0.39 is 0 Å². The first-order valence-electron chi connectivity index (χ1n) is 5.82. The van der Waals surface area contributed by atoms with Crippen LogP contribution in [-0.4, -0.2) is 22.1 Å². The zero-order valence-corrected chi connectivity index (χ0v) is 10.8. The van der Waals surface area contributed by atoms with Gasteiger partial charge >= 0.3 is 0 Å². The molecule has 0 bridgehead atoms. The summed E-state index contributed by atoms with van der Waals surface area (Å²) in [6, 6.07) is 8.02. The third-order valence-corrected chi connectivity index (χ3v) is 3.60. The number of aromatic nitrogens is 1. The van der Waals surface area contributed by atoms with Crippen LogP contribution in [0.15, 0.2) is 36.7 Å². The van der Waals surface area contributed by atoms with Crippen molar-refractivity contribution < 1.29 is 5.11 Å². The van der Waals surface area contributed by atoms with Gasteiger partial charge in [-0.05, 0) is 41.9 Å². The molecule has 0 radical (unpaired) electrons. The van der Waals surface area contributed by atoms with Crippen LogP contribution in [0.2, 0.25) is 0 Å². The molecule has 0 fully saturated rings. The molecule has 17 heavy (non-hydrogen) atoms. The van der Waals surface area contributed by atoms with Crippen molar-refractivity contribution in [2.45, 2.75) is 18.9 Å². The maximum atomic E-state index is 10.2. The second-order valence-electron chi connectivity index (χ2n) is 4.09. The Hall–Kier alpha value is -1.06. The Morgan fingerprint density at radius 3 is 3.06 bits per heavy atom. The molecule has 0 aliphatic carbocycles. The molecule has 1 aromatic heterocycles. The summed E-state index contributed by atoms with van der Waals surface area (Å²) in [4.78, 5) is 4.14. The highest BCUT2D eigenvalue weighted by atomic mass is 32.2. The SMILES string of the molecule is CSCCCC(O)c1cccc2ccncc12. The molecule has 1 unspecified atom stereocenters. The third kappa shape index (κ3) is 2.99. The summed E-state index contributed by atoms with van der Waals surface area (Å²) in [7, 11) is 0. The van der Waals surface area contributed by atoms with Crippen molar-refractivity contribution in [3.05, 3.63) is 42.2 Å². The maximum Gasteiger partial charge on any atom is 0.0796 e. The number of aliphatic hydroxyl groups excluding tert-OH is 1. The van der Waals surface area contributed by atoms with E-state index in [0.717, 1.165) is 34.9 Å². The van der Waals surface area contributed by atoms with E-state index in [1.54, 1.807) is 6.20 Å². The molecule has 2 nitrogen and oxygen atoms in total. The molecule has 0 aliphatic rings. The zero-order valence-electron chi connectivity index (χ0n) is 9.97. The Kier molecular flexibility index (Phi) is 4.40. The Morgan fingerprint density at radius 1 is 1.35 bits per heavy atom. The van der Waals surface area contributed by atoms with Crippen molar-refractivity contribution in [3.8, 4) is 0 Å². The molecule has 90 valence electrons. The molecule has 3 heteroatoms. The van der Waals surface area contributed by atoms with Gasteiger partial charge in [0.1, 0.15) is 0 Å². The summed E-state index contributed by atoms with van der Waals surface area (Å²) in [6.07, 6.45) is 7.19. The highest BCUT2D eigenvalue weighted by Gasteiger charge is 2.10. The maximum absolute atomic E-state index is 10.2. The van der Waals surface area contributed by atoms with Crippen molar-refractivity contribution >= 4 is 22.5 Å². The van der Waals surface area contributed by atoms with Gasteiger partial charge in [-0.25, -0.2) is 0 Å². The van der Waals surface area contributed by atoms with Crippen LogP contribution >= 0.6 is 11.8 Å². The average molecular weight is 247 g/mol. The Bertz CT molecular complexity index is 481. The Labute approximate surface area is 106 Å². The van der Waals surface area contributed by atoms with Gasteiger partial charge in [-0.15, -0.1) is 0 Å². The molecule has 0 saturated carbocycles. The van der Waals surface area contributed by atoms with Crippen LogP contribution in [0.25, 0.3) is 10.8 Å². The molecule has 0 amide bonds. The first kappa shape index (κ1) is 12.4. The predicted octanol–water partition coefficient (Wildman–Crippen LogP) is 3.41. The highest BCUT2D eigenvalue weighted by Crippen LogP contribution is 2.26. The third-order valence-electron chi connectivity index (χ3n) is 2.90. The Morgan fingerprint density at radius 2 is 2.24 bits per heavy atom. The Balaban J connectivity index is 2.22. The van der Waals surface area contributed by atoms with Gasteiger partial charge in [-0.1, -0.05) is 18.2 Å². The lowest BCUT2D eigenvalue weighted by Gasteiger charge is -2.13. The van der Waals surface area contributed by atoms with Gasteiger partial charge in [0, 0.05) is 17.8 Å². The zero-order chi connectivity index (χ0) is 12.1. The number of hydrogen-bond donors (Lipinski definition) is 1. The molecule has 1 N–H and O–H groups in total. The number of hydrogen-bond acceptors (Lipinski definition) is 3. The molecule has 1 atom stereocenters. The van der Waals surface area contributed by atoms with E-state index in [2.05, 4.69) is 17.3 Å². The molecule has 1 aromatic carbocycles. The van der Waals surface area contributed by atoms with Gasteiger partial charge in [0.25, 0.3) is 0 Å². The molecular weight excluding hydrogens is 230 g/mol. The van der Waals surface area contributed by atoms with E-state index in [4.69, 9.17) is 0 Å². The summed E-state index contributed by atoms with van der Waals surface area (Å²) in [6.45, 7) is 0. The van der Waals surface area contributed by atoms with Crippen LogP contribution in [0.5, 0.6) is 0 Å². The normalized spacial score (nSPS) is 12.8. The van der Waals surface area contributed by atoms with E-state index in [9.17, 15) is 5.11 Å². The number of fused-ring (bicyclic) bond motifs is 1. The molecule has 0 saturated heterocycles. The van der Waals surface area contributed by atoms with E-state index in [1.807, 2.05) is 36.2 Å². The number of benzene rings is 1. The highest BCUT2D eigenvalue weighted by molar-refractivity contribution is 7.98. The minimum atomic E-state index is -0.380. The first-order valence-corrected chi connectivity index (χ1v) is 7.22. The topological polar surface area (TPSA) is 33.1 Å². The van der Waals surface area contributed by atoms with Crippen LogP contribution in [-0.2, 0) is 0 Å². The second kappa shape index (κ2) is 6.03. The summed E-state index contributed by atoms with van der Waals surface area (Å²) < 4.78 is 0. The van der Waals surface area contributed by atoms with Crippen molar-refractivity contribution in [1.82, 2.24) is 4.98 Å². The number of thioether (sulfide) groups is 1. The van der Waals surface area contributed by atoms with E-state index in [0.29, 0.717) is 0 Å². The quantitative estimate of drug-likeness (QED) is 0.822. The van der Waals surface area contributed by atoms with E-state index in [1.165, 1.54) is 0 Å². The molecule has 0 aliphatic heterocycles. The first-order chi connectivity index (χ1) is 8.33. The van der Waals surface area contributed by atoms with Crippen LogP contribution in [0, 0.1) is 0 Å². The van der Waals surface area contributed by atoms with Crippen molar-refractivity contribution in [2.75, 3.05) is 12.0 Å². The van der Waals surface area contributed by atoms with Gasteiger partial charge in [0.15, 0.2) is 0 Å².